The predicted molar refractivity (Wildman–Crippen MR) is 93.2 cm³/mol. The van der Waals surface area contributed by atoms with E-state index >= 15 is 0 Å². The number of hydrogen-bond acceptors (Lipinski definition) is 5. The molecule has 0 radical (unpaired) electrons. The van der Waals surface area contributed by atoms with Gasteiger partial charge in [0.05, 0.1) is 22.6 Å². The third-order valence-electron chi connectivity index (χ3n) is 2.91. The lowest BCUT2D eigenvalue weighted by atomic mass is 10.2. The van der Waals surface area contributed by atoms with Crippen molar-refractivity contribution in [1.29, 1.82) is 0 Å². The molecule has 2 rings (SSSR count). The minimum Gasteiger partial charge on any atom is -0.504 e. The number of nitrogens with two attached hydrogens (primary N) is 1. The molecule has 0 saturated carbocycles. The third-order valence-corrected chi connectivity index (χ3v) is 3.74. The zero-order valence-corrected chi connectivity index (χ0v) is 14.2. The minimum atomic E-state index is -0.667. The van der Waals surface area contributed by atoms with Gasteiger partial charge in [-0.3, -0.25) is 4.79 Å². The van der Waals surface area contributed by atoms with Crippen molar-refractivity contribution in [3.8, 4) is 11.5 Å². The average Bonchev–Trinajstić information content (AvgIpc) is 2.53. The number of phenols is 1. The molecular weight excluding hydrogens is 416 g/mol. The van der Waals surface area contributed by atoms with Crippen molar-refractivity contribution in [2.45, 2.75) is 0 Å². The maximum Gasteiger partial charge on any atom is 0.271 e. The number of halogens is 2. The average molecular weight is 429 g/mol. The molecule has 6 nitrogen and oxygen atoms in total. The summed E-state index contributed by atoms with van der Waals surface area (Å²) in [4.78, 5) is 11.8. The number of carbonyl (C=O) groups is 1. The lowest BCUT2D eigenvalue weighted by Gasteiger charge is -2.06. The van der Waals surface area contributed by atoms with Crippen LogP contribution < -0.4 is 15.9 Å². The first kappa shape index (κ1) is 17.0. The van der Waals surface area contributed by atoms with Crippen LogP contribution in [0.3, 0.4) is 0 Å². The van der Waals surface area contributed by atoms with E-state index < -0.39 is 11.7 Å². The van der Waals surface area contributed by atoms with Crippen LogP contribution in [0, 0.1) is 9.39 Å². The number of benzene rings is 2. The molecule has 1 amide bonds. The standard InChI is InChI=1S/C15H13FIN3O3/c1-23-13-5-8(4-11(17)14(13)21)7-19-20-15(22)9-2-3-12(18)10(16)6-9/h2-7,21H,18H2,1H3,(H,20,22)/b19-7+. The first-order valence-electron chi connectivity index (χ1n) is 6.37. The highest BCUT2D eigenvalue weighted by atomic mass is 127. The van der Waals surface area contributed by atoms with Gasteiger partial charge in [0, 0.05) is 5.56 Å². The van der Waals surface area contributed by atoms with Gasteiger partial charge in [0.1, 0.15) is 5.82 Å². The Morgan fingerprint density at radius 3 is 2.83 bits per heavy atom. The summed E-state index contributed by atoms with van der Waals surface area (Å²) in [5, 5.41) is 13.5. The van der Waals surface area contributed by atoms with Gasteiger partial charge in [0.2, 0.25) is 0 Å². The number of ether oxygens (including phenoxy) is 1. The van der Waals surface area contributed by atoms with Crippen molar-refractivity contribution in [1.82, 2.24) is 5.43 Å². The lowest BCUT2D eigenvalue weighted by molar-refractivity contribution is 0.0954. The highest BCUT2D eigenvalue weighted by Crippen LogP contribution is 2.31. The van der Waals surface area contributed by atoms with Crippen molar-refractivity contribution in [3.05, 3.63) is 50.8 Å². The van der Waals surface area contributed by atoms with Gasteiger partial charge in [-0.25, -0.2) is 9.82 Å². The number of methoxy groups -OCH3 is 1. The van der Waals surface area contributed by atoms with E-state index in [1.807, 2.05) is 22.6 Å². The monoisotopic (exact) mass is 429 g/mol. The summed E-state index contributed by atoms with van der Waals surface area (Å²) < 4.78 is 18.9. The van der Waals surface area contributed by atoms with Crippen LogP contribution in [0.15, 0.2) is 35.4 Å². The number of nitrogens with zero attached hydrogens (tertiary/aromatic N) is 1. The Labute approximate surface area is 145 Å². The molecule has 0 aromatic heterocycles. The normalized spacial score (nSPS) is 10.7. The molecule has 23 heavy (non-hydrogen) atoms. The number of amides is 1. The van der Waals surface area contributed by atoms with Gasteiger partial charge in [-0.05, 0) is 58.5 Å². The van der Waals surface area contributed by atoms with Crippen LogP contribution in [-0.4, -0.2) is 24.3 Å². The Kier molecular flexibility index (Phi) is 5.37. The number of rotatable bonds is 4. The predicted octanol–water partition coefficient (Wildman–Crippen LogP) is 2.49. The number of hydrazone groups is 1. The van der Waals surface area contributed by atoms with E-state index in [0.29, 0.717) is 14.9 Å². The molecular formula is C15H13FIN3O3. The molecule has 0 unspecified atom stereocenters. The van der Waals surface area contributed by atoms with Crippen LogP contribution >= 0.6 is 22.6 Å². The fourth-order valence-electron chi connectivity index (χ4n) is 1.72. The fourth-order valence-corrected chi connectivity index (χ4v) is 2.35. The summed E-state index contributed by atoms with van der Waals surface area (Å²) in [6, 6.07) is 6.97. The van der Waals surface area contributed by atoms with Crippen LogP contribution in [0.25, 0.3) is 0 Å². The topological polar surface area (TPSA) is 96.9 Å². The number of aromatic hydroxyl groups is 1. The van der Waals surface area contributed by atoms with Gasteiger partial charge >= 0.3 is 0 Å². The smallest absolute Gasteiger partial charge is 0.271 e. The van der Waals surface area contributed by atoms with Crippen molar-refractivity contribution in [3.63, 3.8) is 0 Å². The number of nitrogens with one attached hydrogen (secondary N) is 1. The number of hydrogen-bond donors (Lipinski definition) is 3. The third kappa shape index (κ3) is 4.09. The highest BCUT2D eigenvalue weighted by molar-refractivity contribution is 14.1. The lowest BCUT2D eigenvalue weighted by Crippen LogP contribution is -2.18. The molecule has 0 spiro atoms. The van der Waals surface area contributed by atoms with E-state index in [2.05, 4.69) is 10.5 Å². The van der Waals surface area contributed by atoms with Crippen LogP contribution in [0.5, 0.6) is 11.5 Å². The molecule has 0 heterocycles. The summed E-state index contributed by atoms with van der Waals surface area (Å²) in [6.45, 7) is 0. The molecule has 0 fully saturated rings. The van der Waals surface area contributed by atoms with Crippen molar-refractivity contribution < 1.29 is 19.0 Å². The van der Waals surface area contributed by atoms with E-state index in [1.165, 1.54) is 25.5 Å². The van der Waals surface area contributed by atoms with Gasteiger partial charge in [-0.15, -0.1) is 0 Å². The molecule has 0 aliphatic carbocycles. The molecule has 0 aliphatic rings. The van der Waals surface area contributed by atoms with Crippen LogP contribution in [0.4, 0.5) is 10.1 Å². The van der Waals surface area contributed by atoms with E-state index in [0.717, 1.165) is 6.07 Å². The first-order chi connectivity index (χ1) is 10.9. The molecule has 0 bridgehead atoms. The zero-order chi connectivity index (χ0) is 17.0. The van der Waals surface area contributed by atoms with Crippen molar-refractivity contribution in [2.75, 3.05) is 12.8 Å². The summed E-state index contributed by atoms with van der Waals surface area (Å²) in [5.41, 5.74) is 8.32. The quantitative estimate of drug-likeness (QED) is 0.301. The maximum absolute atomic E-state index is 13.3. The second kappa shape index (κ2) is 7.27. The molecule has 2 aromatic rings. The zero-order valence-electron chi connectivity index (χ0n) is 12.0. The number of carbonyl (C=O) groups excluding carboxylic acids is 1. The van der Waals surface area contributed by atoms with Crippen molar-refractivity contribution >= 4 is 40.4 Å². The van der Waals surface area contributed by atoms with E-state index in [1.54, 1.807) is 12.1 Å². The molecule has 0 aliphatic heterocycles. The molecule has 4 N–H and O–H groups in total. The summed E-state index contributed by atoms with van der Waals surface area (Å²) in [6.07, 6.45) is 1.38. The number of nitrogen functional groups attached to an aromatic ring is 1. The molecule has 0 atom stereocenters. The van der Waals surface area contributed by atoms with E-state index in [4.69, 9.17) is 10.5 Å². The molecule has 8 heteroatoms. The summed E-state index contributed by atoms with van der Waals surface area (Å²) in [5.74, 6) is -0.906. The Balaban J connectivity index is 2.10. The van der Waals surface area contributed by atoms with Crippen LogP contribution in [-0.2, 0) is 0 Å². The van der Waals surface area contributed by atoms with E-state index in [9.17, 15) is 14.3 Å². The SMILES string of the molecule is COc1cc(/C=N/NC(=O)c2ccc(N)c(F)c2)cc(I)c1O. The molecule has 0 saturated heterocycles. The minimum absolute atomic E-state index is 0.0317. The first-order valence-corrected chi connectivity index (χ1v) is 7.45. The van der Waals surface area contributed by atoms with E-state index in [-0.39, 0.29) is 17.0 Å². The van der Waals surface area contributed by atoms with Gasteiger partial charge in [0.25, 0.3) is 5.91 Å². The Hall–Kier alpha value is -2.36. The van der Waals surface area contributed by atoms with Gasteiger partial charge in [0.15, 0.2) is 11.5 Å². The number of anilines is 1. The number of phenolic OH excluding ortho intramolecular Hbond substituents is 1. The maximum atomic E-state index is 13.3. The van der Waals surface area contributed by atoms with Crippen molar-refractivity contribution in [2.24, 2.45) is 5.10 Å². The second-order valence-corrected chi connectivity index (χ2v) is 5.65. The largest absolute Gasteiger partial charge is 0.504 e. The molecule has 2 aromatic carbocycles. The Bertz CT molecular complexity index is 781. The van der Waals surface area contributed by atoms with Crippen LogP contribution in [0.2, 0.25) is 0 Å². The summed E-state index contributed by atoms with van der Waals surface area (Å²) >= 11 is 1.95. The Morgan fingerprint density at radius 1 is 1.43 bits per heavy atom. The van der Waals surface area contributed by atoms with Gasteiger partial charge in [-0.1, -0.05) is 0 Å². The van der Waals surface area contributed by atoms with Crippen LogP contribution in [0.1, 0.15) is 15.9 Å². The van der Waals surface area contributed by atoms with Gasteiger partial charge < -0.3 is 15.6 Å². The molecule has 120 valence electrons. The Morgan fingerprint density at radius 2 is 2.17 bits per heavy atom. The second-order valence-electron chi connectivity index (χ2n) is 4.49. The summed E-state index contributed by atoms with van der Waals surface area (Å²) in [7, 11) is 1.43. The van der Waals surface area contributed by atoms with Gasteiger partial charge in [-0.2, -0.15) is 5.10 Å². The fraction of sp³-hybridized carbons (Fsp3) is 0.0667. The highest BCUT2D eigenvalue weighted by Gasteiger charge is 2.09.